The third kappa shape index (κ3) is 5.77. The van der Waals surface area contributed by atoms with Crippen molar-refractivity contribution in [2.45, 2.75) is 39.7 Å². The molecule has 0 bridgehead atoms. The van der Waals surface area contributed by atoms with Crippen LogP contribution in [0.5, 0.6) is 0 Å². The topological polar surface area (TPSA) is 55.8 Å². The molecule has 0 radical (unpaired) electrons. The third-order valence-electron chi connectivity index (χ3n) is 2.67. The molecule has 0 unspecified atom stereocenters. The van der Waals surface area contributed by atoms with E-state index in [2.05, 4.69) is 0 Å². The van der Waals surface area contributed by atoms with Gasteiger partial charge in [-0.1, -0.05) is 6.08 Å². The summed E-state index contributed by atoms with van der Waals surface area (Å²) >= 11 is 0. The van der Waals surface area contributed by atoms with Crippen molar-refractivity contribution in [2.75, 3.05) is 19.7 Å². The molecule has 0 N–H and O–H groups in total. The zero-order valence-electron chi connectivity index (χ0n) is 12.1. The average Bonchev–Trinajstić information content (AvgIpc) is 2.73. The van der Waals surface area contributed by atoms with Gasteiger partial charge in [-0.15, -0.1) is 0 Å². The fourth-order valence-electron chi connectivity index (χ4n) is 1.84. The van der Waals surface area contributed by atoms with Crippen LogP contribution < -0.4 is 0 Å². The lowest BCUT2D eigenvalue weighted by atomic mass is 10.1. The molecule has 1 rings (SSSR count). The summed E-state index contributed by atoms with van der Waals surface area (Å²) in [7, 11) is 0. The van der Waals surface area contributed by atoms with Crippen LogP contribution >= 0.6 is 0 Å². The number of hydrogen-bond donors (Lipinski definition) is 0. The molecular formula is C14H23NO4. The van der Waals surface area contributed by atoms with Crippen LogP contribution in [0.25, 0.3) is 0 Å². The zero-order valence-corrected chi connectivity index (χ0v) is 12.1. The molecule has 5 nitrogen and oxygen atoms in total. The molecule has 1 aliphatic rings. The maximum absolute atomic E-state index is 11.8. The second-order valence-electron chi connectivity index (χ2n) is 5.59. The van der Waals surface area contributed by atoms with E-state index in [9.17, 15) is 9.59 Å². The monoisotopic (exact) mass is 269 g/mol. The van der Waals surface area contributed by atoms with Crippen LogP contribution in [0.3, 0.4) is 0 Å². The van der Waals surface area contributed by atoms with E-state index in [0.29, 0.717) is 19.7 Å². The number of likely N-dealkylation sites (tertiary alicyclic amines) is 1. The van der Waals surface area contributed by atoms with E-state index in [-0.39, 0.29) is 18.0 Å². The van der Waals surface area contributed by atoms with Crippen LogP contribution in [0.1, 0.15) is 34.1 Å². The van der Waals surface area contributed by atoms with Crippen molar-refractivity contribution in [3.8, 4) is 0 Å². The highest BCUT2D eigenvalue weighted by atomic mass is 16.6. The second-order valence-corrected chi connectivity index (χ2v) is 5.59. The number of hydrogen-bond acceptors (Lipinski definition) is 4. The summed E-state index contributed by atoms with van der Waals surface area (Å²) in [5, 5.41) is 0. The highest BCUT2D eigenvalue weighted by Crippen LogP contribution is 2.20. The molecule has 0 aliphatic carbocycles. The highest BCUT2D eigenvalue weighted by molar-refractivity contribution is 5.81. The first-order valence-corrected chi connectivity index (χ1v) is 6.64. The number of carbonyl (C=O) groups excluding carboxylic acids is 2. The Bertz CT molecular complexity index is 357. The van der Waals surface area contributed by atoms with Crippen LogP contribution in [-0.4, -0.2) is 42.3 Å². The maximum atomic E-state index is 11.8. The molecule has 0 aromatic carbocycles. The van der Waals surface area contributed by atoms with E-state index < -0.39 is 5.60 Å². The minimum absolute atomic E-state index is 0.192. The number of carbonyl (C=O) groups is 2. The van der Waals surface area contributed by atoms with Gasteiger partial charge in [0.15, 0.2) is 0 Å². The van der Waals surface area contributed by atoms with Crippen LogP contribution in [0.15, 0.2) is 12.2 Å². The predicted octanol–water partition coefficient (Wildman–Crippen LogP) is 2.36. The van der Waals surface area contributed by atoms with Crippen molar-refractivity contribution in [2.24, 2.45) is 5.92 Å². The van der Waals surface area contributed by atoms with E-state index in [0.717, 1.165) is 6.42 Å². The van der Waals surface area contributed by atoms with Crippen LogP contribution in [0.4, 0.5) is 4.79 Å². The fraction of sp³-hybridized carbons (Fsp3) is 0.714. The Balaban J connectivity index is 2.41. The Labute approximate surface area is 114 Å². The van der Waals surface area contributed by atoms with Gasteiger partial charge in [0.05, 0.1) is 6.61 Å². The first-order valence-electron chi connectivity index (χ1n) is 6.64. The average molecular weight is 269 g/mol. The van der Waals surface area contributed by atoms with Crippen molar-refractivity contribution >= 4 is 12.1 Å². The molecule has 1 amide bonds. The van der Waals surface area contributed by atoms with Gasteiger partial charge in [-0.25, -0.2) is 9.59 Å². The molecule has 1 saturated heterocycles. The van der Waals surface area contributed by atoms with Gasteiger partial charge in [0, 0.05) is 19.2 Å². The molecule has 19 heavy (non-hydrogen) atoms. The summed E-state index contributed by atoms with van der Waals surface area (Å²) in [5.74, 6) is -0.143. The van der Waals surface area contributed by atoms with Gasteiger partial charge in [0.2, 0.25) is 0 Å². The number of esters is 1. The molecule has 0 aromatic rings. The quantitative estimate of drug-likeness (QED) is 0.583. The van der Waals surface area contributed by atoms with Crippen molar-refractivity contribution < 1.29 is 19.1 Å². The van der Waals surface area contributed by atoms with Crippen LogP contribution in [0, 0.1) is 5.92 Å². The number of rotatable bonds is 3. The van der Waals surface area contributed by atoms with E-state index in [1.165, 1.54) is 6.08 Å². The molecule has 1 aliphatic heterocycles. The number of amides is 1. The predicted molar refractivity (Wildman–Crippen MR) is 71.7 cm³/mol. The minimum atomic E-state index is -0.476. The summed E-state index contributed by atoms with van der Waals surface area (Å²) in [6.45, 7) is 8.93. The molecule has 5 heteroatoms. The molecule has 0 aromatic heterocycles. The fourth-order valence-corrected chi connectivity index (χ4v) is 1.84. The normalized spacial score (nSPS) is 19.8. The lowest BCUT2D eigenvalue weighted by molar-refractivity contribution is -0.137. The molecular weight excluding hydrogens is 246 g/mol. The largest absolute Gasteiger partial charge is 0.463 e. The first-order chi connectivity index (χ1) is 8.81. The first kappa shape index (κ1) is 15.5. The Morgan fingerprint density at radius 3 is 2.63 bits per heavy atom. The van der Waals surface area contributed by atoms with Gasteiger partial charge in [-0.2, -0.15) is 0 Å². The molecule has 1 fully saturated rings. The number of nitrogens with zero attached hydrogens (tertiary/aromatic N) is 1. The zero-order chi connectivity index (χ0) is 14.5. The molecule has 1 heterocycles. The lowest BCUT2D eigenvalue weighted by Gasteiger charge is -2.24. The Kier molecular flexibility index (Phi) is 5.39. The van der Waals surface area contributed by atoms with E-state index in [1.54, 1.807) is 11.8 Å². The summed E-state index contributed by atoms with van der Waals surface area (Å²) in [6.07, 6.45) is 3.80. The smallest absolute Gasteiger partial charge is 0.410 e. The van der Waals surface area contributed by atoms with Crippen molar-refractivity contribution in [1.82, 2.24) is 4.90 Å². The van der Waals surface area contributed by atoms with Gasteiger partial charge in [0.25, 0.3) is 0 Å². The highest BCUT2D eigenvalue weighted by Gasteiger charge is 2.28. The summed E-state index contributed by atoms with van der Waals surface area (Å²) in [6, 6.07) is 0. The third-order valence-corrected chi connectivity index (χ3v) is 2.67. The Morgan fingerprint density at radius 1 is 1.37 bits per heavy atom. The van der Waals surface area contributed by atoms with Gasteiger partial charge < -0.3 is 14.4 Å². The van der Waals surface area contributed by atoms with Gasteiger partial charge in [0.1, 0.15) is 5.60 Å². The molecule has 1 atom stereocenters. The second kappa shape index (κ2) is 6.59. The SMILES string of the molecule is CCOC(=O)/C=C/[C@@H]1CCN(C(=O)OC(C)(C)C)C1. The maximum Gasteiger partial charge on any atom is 0.410 e. The van der Waals surface area contributed by atoms with E-state index in [1.807, 2.05) is 26.8 Å². The van der Waals surface area contributed by atoms with E-state index in [4.69, 9.17) is 9.47 Å². The Hall–Kier alpha value is -1.52. The minimum Gasteiger partial charge on any atom is -0.463 e. The molecule has 0 saturated carbocycles. The van der Waals surface area contributed by atoms with Gasteiger partial charge >= 0.3 is 12.1 Å². The number of ether oxygens (including phenoxy) is 2. The van der Waals surface area contributed by atoms with E-state index >= 15 is 0 Å². The standard InChI is InChI=1S/C14H23NO4/c1-5-18-12(16)7-6-11-8-9-15(10-11)13(17)19-14(2,3)4/h6-7,11H,5,8-10H2,1-4H3/b7-6+/t11-/m1/s1. The molecule has 108 valence electrons. The lowest BCUT2D eigenvalue weighted by Crippen LogP contribution is -2.35. The van der Waals surface area contributed by atoms with Crippen LogP contribution in [-0.2, 0) is 14.3 Å². The van der Waals surface area contributed by atoms with Crippen molar-refractivity contribution in [1.29, 1.82) is 0 Å². The summed E-state index contributed by atoms with van der Waals surface area (Å²) < 4.78 is 10.1. The summed E-state index contributed by atoms with van der Waals surface area (Å²) in [4.78, 5) is 24.7. The van der Waals surface area contributed by atoms with Gasteiger partial charge in [-0.05, 0) is 40.0 Å². The van der Waals surface area contributed by atoms with Crippen molar-refractivity contribution in [3.63, 3.8) is 0 Å². The van der Waals surface area contributed by atoms with Gasteiger partial charge in [-0.3, -0.25) is 0 Å². The Morgan fingerprint density at radius 2 is 2.05 bits per heavy atom. The van der Waals surface area contributed by atoms with Crippen molar-refractivity contribution in [3.05, 3.63) is 12.2 Å². The molecule has 0 spiro atoms. The van der Waals surface area contributed by atoms with Crippen LogP contribution in [0.2, 0.25) is 0 Å². The summed E-state index contributed by atoms with van der Waals surface area (Å²) in [5.41, 5.74) is -0.476.